The number of carbonyl (C=O) groups excluding carboxylic acids is 1. The number of aliphatic imine (C=N–C) groups is 1. The summed E-state index contributed by atoms with van der Waals surface area (Å²) in [4.78, 5) is 16.1. The van der Waals surface area contributed by atoms with Crippen LogP contribution in [0.3, 0.4) is 0 Å². The maximum absolute atomic E-state index is 11.9. The quantitative estimate of drug-likeness (QED) is 0.271. The smallest absolute Gasteiger partial charge is 0.408 e. The van der Waals surface area contributed by atoms with Crippen LogP contribution in [0.1, 0.15) is 47.5 Å². The van der Waals surface area contributed by atoms with Crippen LogP contribution >= 0.6 is 24.0 Å². The Morgan fingerprint density at radius 1 is 1.21 bits per heavy atom. The van der Waals surface area contributed by atoms with Gasteiger partial charge in [-0.05, 0) is 47.5 Å². The lowest BCUT2D eigenvalue weighted by Gasteiger charge is -2.30. The first-order chi connectivity index (χ1) is 12.2. The number of nitrogens with zero attached hydrogens (tertiary/aromatic N) is 2. The maximum atomic E-state index is 11.9. The van der Waals surface area contributed by atoms with E-state index in [1.807, 2.05) is 34.6 Å². The fraction of sp³-hybridized carbons (Fsp3) is 0.882. The summed E-state index contributed by atoms with van der Waals surface area (Å²) in [7, 11) is -1.55. The predicted molar refractivity (Wildman–Crippen MR) is 123 cm³/mol. The molecule has 1 aliphatic rings. The van der Waals surface area contributed by atoms with E-state index in [-0.39, 0.29) is 30.0 Å². The lowest BCUT2D eigenvalue weighted by Crippen LogP contribution is -2.55. The Balaban J connectivity index is 0.00000729. The summed E-state index contributed by atoms with van der Waals surface area (Å²) < 4.78 is 30.4. The first-order valence-electron chi connectivity index (χ1n) is 9.16. The third-order valence-corrected chi connectivity index (χ3v) is 5.35. The van der Waals surface area contributed by atoms with Gasteiger partial charge in [-0.2, -0.15) is 4.31 Å². The molecule has 1 fully saturated rings. The molecule has 1 atom stereocenters. The summed E-state index contributed by atoms with van der Waals surface area (Å²) >= 11 is 0. The number of guanidine groups is 1. The second kappa shape index (κ2) is 10.8. The third-order valence-electron chi connectivity index (χ3n) is 4.01. The minimum atomic E-state index is -3.20. The van der Waals surface area contributed by atoms with Crippen LogP contribution in [-0.2, 0) is 14.8 Å². The average molecular weight is 533 g/mol. The highest BCUT2D eigenvalue weighted by molar-refractivity contribution is 14.0. The molecule has 3 N–H and O–H groups in total. The van der Waals surface area contributed by atoms with Gasteiger partial charge >= 0.3 is 6.09 Å². The van der Waals surface area contributed by atoms with Crippen LogP contribution in [-0.4, -0.2) is 74.9 Å². The van der Waals surface area contributed by atoms with Crippen LogP contribution < -0.4 is 16.0 Å². The van der Waals surface area contributed by atoms with E-state index >= 15 is 0 Å². The van der Waals surface area contributed by atoms with Crippen molar-refractivity contribution in [3.05, 3.63) is 0 Å². The zero-order chi connectivity index (χ0) is 20.9. The van der Waals surface area contributed by atoms with Crippen LogP contribution in [0, 0.1) is 0 Å². The molecule has 0 aromatic heterocycles. The number of hydrogen-bond acceptors (Lipinski definition) is 5. The van der Waals surface area contributed by atoms with Crippen molar-refractivity contribution in [3.8, 4) is 0 Å². The molecular weight excluding hydrogens is 497 g/mol. The van der Waals surface area contributed by atoms with Crippen molar-refractivity contribution in [1.29, 1.82) is 0 Å². The van der Waals surface area contributed by atoms with Gasteiger partial charge in [0.15, 0.2) is 5.96 Å². The van der Waals surface area contributed by atoms with Gasteiger partial charge in [-0.15, -0.1) is 24.0 Å². The molecule has 11 heteroatoms. The first-order valence-corrected chi connectivity index (χ1v) is 11.0. The lowest BCUT2D eigenvalue weighted by molar-refractivity contribution is 0.0474. The van der Waals surface area contributed by atoms with Crippen molar-refractivity contribution < 1.29 is 17.9 Å². The number of carbonyl (C=O) groups is 1. The molecule has 1 heterocycles. The largest absolute Gasteiger partial charge is 0.444 e. The molecule has 0 aromatic rings. The van der Waals surface area contributed by atoms with Gasteiger partial charge in [0.25, 0.3) is 0 Å². The Labute approximate surface area is 186 Å². The number of amides is 1. The van der Waals surface area contributed by atoms with Crippen molar-refractivity contribution in [2.75, 3.05) is 32.9 Å². The Bertz CT molecular complexity index is 646. The molecule has 1 amide bonds. The van der Waals surface area contributed by atoms with Crippen molar-refractivity contribution in [1.82, 2.24) is 20.3 Å². The molecule has 0 aromatic carbocycles. The SMILES string of the molecule is CN=C(NC[C@H]1CCCN1S(C)(=O)=O)NCC(C)(C)NC(=O)OC(C)(C)C.I. The van der Waals surface area contributed by atoms with Gasteiger partial charge in [0.05, 0.1) is 11.8 Å². The van der Waals surface area contributed by atoms with E-state index in [1.54, 1.807) is 7.05 Å². The van der Waals surface area contributed by atoms with Crippen LogP contribution in [0.2, 0.25) is 0 Å². The molecule has 1 rings (SSSR count). The molecular formula is C17H36IN5O4S. The van der Waals surface area contributed by atoms with E-state index in [1.165, 1.54) is 10.6 Å². The van der Waals surface area contributed by atoms with Gasteiger partial charge in [-0.25, -0.2) is 13.2 Å². The molecule has 0 bridgehead atoms. The molecule has 28 heavy (non-hydrogen) atoms. The molecule has 1 aliphatic heterocycles. The van der Waals surface area contributed by atoms with Crippen molar-refractivity contribution in [2.45, 2.75) is 64.6 Å². The number of alkyl carbamates (subject to hydrolysis) is 1. The Morgan fingerprint density at radius 3 is 2.32 bits per heavy atom. The van der Waals surface area contributed by atoms with Crippen molar-refractivity contribution >= 4 is 46.1 Å². The Kier molecular flexibility index (Phi) is 10.5. The minimum Gasteiger partial charge on any atom is -0.444 e. The Morgan fingerprint density at radius 2 is 1.82 bits per heavy atom. The zero-order valence-electron chi connectivity index (χ0n) is 18.0. The van der Waals surface area contributed by atoms with Gasteiger partial charge in [0, 0.05) is 32.7 Å². The second-order valence-electron chi connectivity index (χ2n) is 8.49. The lowest BCUT2D eigenvalue weighted by atomic mass is 10.1. The van der Waals surface area contributed by atoms with Gasteiger partial charge in [-0.3, -0.25) is 4.99 Å². The number of ether oxygens (including phenoxy) is 1. The molecule has 0 unspecified atom stereocenters. The standard InChI is InChI=1S/C17H35N5O4S.HI/c1-16(2,3)26-15(23)21-17(4,5)12-20-14(18-6)19-11-13-9-8-10-22(13)27(7,24)25;/h13H,8-12H2,1-7H3,(H,21,23)(H2,18,19,20);1H/t13-;/m1./s1. The van der Waals surface area contributed by atoms with E-state index in [4.69, 9.17) is 4.74 Å². The zero-order valence-corrected chi connectivity index (χ0v) is 21.1. The van der Waals surface area contributed by atoms with E-state index < -0.39 is 27.3 Å². The minimum absolute atomic E-state index is 0. The third kappa shape index (κ3) is 10.1. The Hall–Kier alpha value is -0.820. The van der Waals surface area contributed by atoms with E-state index in [9.17, 15) is 13.2 Å². The molecule has 0 radical (unpaired) electrons. The summed E-state index contributed by atoms with van der Waals surface area (Å²) in [5.74, 6) is 0.550. The molecule has 9 nitrogen and oxygen atoms in total. The fourth-order valence-corrected chi connectivity index (χ4v) is 4.00. The monoisotopic (exact) mass is 533 g/mol. The normalized spacial score (nSPS) is 19.0. The predicted octanol–water partition coefficient (Wildman–Crippen LogP) is 1.50. The van der Waals surface area contributed by atoms with Gasteiger partial charge in [0.1, 0.15) is 5.60 Å². The number of hydrogen-bond donors (Lipinski definition) is 3. The van der Waals surface area contributed by atoms with E-state index in [2.05, 4.69) is 20.9 Å². The molecule has 0 aliphatic carbocycles. The van der Waals surface area contributed by atoms with Crippen LogP contribution in [0.5, 0.6) is 0 Å². The summed E-state index contributed by atoms with van der Waals surface area (Å²) in [6, 6.07) is -0.0774. The first kappa shape index (κ1) is 27.2. The van der Waals surface area contributed by atoms with Gasteiger partial charge in [-0.1, -0.05) is 0 Å². The van der Waals surface area contributed by atoms with Crippen molar-refractivity contribution in [3.63, 3.8) is 0 Å². The van der Waals surface area contributed by atoms with E-state index in [0.29, 0.717) is 25.6 Å². The van der Waals surface area contributed by atoms with Gasteiger partial charge < -0.3 is 20.7 Å². The van der Waals surface area contributed by atoms with Crippen LogP contribution in [0.25, 0.3) is 0 Å². The topological polar surface area (TPSA) is 112 Å². The molecule has 1 saturated heterocycles. The van der Waals surface area contributed by atoms with Gasteiger partial charge in [0.2, 0.25) is 10.0 Å². The second-order valence-corrected chi connectivity index (χ2v) is 10.4. The average Bonchev–Trinajstić information content (AvgIpc) is 2.93. The number of nitrogens with one attached hydrogen (secondary N) is 3. The highest BCUT2D eigenvalue weighted by Gasteiger charge is 2.31. The summed E-state index contributed by atoms with van der Waals surface area (Å²) in [5.41, 5.74) is -1.12. The molecule has 0 spiro atoms. The maximum Gasteiger partial charge on any atom is 0.408 e. The number of rotatable bonds is 6. The van der Waals surface area contributed by atoms with Crippen LogP contribution in [0.15, 0.2) is 4.99 Å². The summed E-state index contributed by atoms with van der Waals surface area (Å²) in [6.07, 6.45) is 2.44. The summed E-state index contributed by atoms with van der Waals surface area (Å²) in [6.45, 7) is 10.6. The van der Waals surface area contributed by atoms with E-state index in [0.717, 1.165) is 12.8 Å². The summed E-state index contributed by atoms with van der Waals surface area (Å²) in [5, 5.41) is 9.14. The molecule has 0 saturated carbocycles. The number of sulfonamides is 1. The highest BCUT2D eigenvalue weighted by Crippen LogP contribution is 2.19. The number of halogens is 1. The fourth-order valence-electron chi connectivity index (χ4n) is 2.81. The van der Waals surface area contributed by atoms with Crippen LogP contribution in [0.4, 0.5) is 4.79 Å². The van der Waals surface area contributed by atoms with Crippen molar-refractivity contribution in [2.24, 2.45) is 4.99 Å². The highest BCUT2D eigenvalue weighted by atomic mass is 127. The molecule has 166 valence electrons.